The van der Waals surface area contributed by atoms with Crippen molar-refractivity contribution in [3.05, 3.63) is 18.0 Å². The molecule has 0 aliphatic rings. The van der Waals surface area contributed by atoms with E-state index in [4.69, 9.17) is 12.2 Å². The van der Waals surface area contributed by atoms with Gasteiger partial charge in [0.1, 0.15) is 0 Å². The Morgan fingerprint density at radius 3 is 2.87 bits per heavy atom. The average Bonchev–Trinajstić information content (AvgIpc) is 2.61. The first-order valence-electron chi connectivity index (χ1n) is 5.18. The molecule has 0 aliphatic carbocycles. The largest absolute Gasteiger partial charge is 0.361 e. The Kier molecular flexibility index (Phi) is 4.55. The zero-order valence-corrected chi connectivity index (χ0v) is 10.3. The molecule has 84 valence electrons. The highest BCUT2D eigenvalue weighted by Gasteiger charge is 2.00. The monoisotopic (exact) mass is 226 g/mol. The third-order valence-electron chi connectivity index (χ3n) is 1.87. The lowest BCUT2D eigenvalue weighted by Crippen LogP contribution is -2.38. The molecule has 1 aromatic rings. The maximum Gasteiger partial charge on any atom is 0.166 e. The highest BCUT2D eigenvalue weighted by atomic mass is 32.1. The lowest BCUT2D eigenvalue weighted by atomic mass is 10.4. The van der Waals surface area contributed by atoms with E-state index in [2.05, 4.69) is 36.5 Å². The van der Waals surface area contributed by atoms with Crippen LogP contribution in [-0.2, 0) is 13.1 Å². The van der Waals surface area contributed by atoms with Crippen molar-refractivity contribution in [2.75, 3.05) is 0 Å². The molecule has 0 spiro atoms. The normalized spacial score (nSPS) is 10.4. The van der Waals surface area contributed by atoms with Crippen LogP contribution in [0.3, 0.4) is 0 Å². The molecule has 0 unspecified atom stereocenters. The predicted molar refractivity (Wildman–Crippen MR) is 65.6 cm³/mol. The molecule has 0 atom stereocenters. The quantitative estimate of drug-likeness (QED) is 0.759. The van der Waals surface area contributed by atoms with Crippen LogP contribution in [0.4, 0.5) is 0 Å². The lowest BCUT2D eigenvalue weighted by molar-refractivity contribution is 0.640. The minimum absolute atomic E-state index is 0.359. The summed E-state index contributed by atoms with van der Waals surface area (Å²) in [5.74, 6) is 0. The van der Waals surface area contributed by atoms with Gasteiger partial charge in [-0.2, -0.15) is 5.10 Å². The molecule has 15 heavy (non-hydrogen) atoms. The smallest absolute Gasteiger partial charge is 0.166 e. The Morgan fingerprint density at radius 1 is 1.60 bits per heavy atom. The standard InChI is InChI=1S/C10H18N4S/c1-4-14-6-5-9(13-14)7-11-10(15)12-8(2)3/h5-6,8H,4,7H2,1-3H3,(H2,11,12,15). The number of hydrogen-bond donors (Lipinski definition) is 2. The molecule has 0 fully saturated rings. The maximum absolute atomic E-state index is 5.11. The van der Waals surface area contributed by atoms with E-state index in [0.717, 1.165) is 12.2 Å². The van der Waals surface area contributed by atoms with Gasteiger partial charge in [0.2, 0.25) is 0 Å². The van der Waals surface area contributed by atoms with E-state index in [1.807, 2.05) is 16.9 Å². The van der Waals surface area contributed by atoms with Gasteiger partial charge in [-0.25, -0.2) is 0 Å². The van der Waals surface area contributed by atoms with Gasteiger partial charge >= 0.3 is 0 Å². The molecule has 1 rings (SSSR count). The molecule has 0 saturated heterocycles. The van der Waals surface area contributed by atoms with Crippen molar-refractivity contribution in [3.8, 4) is 0 Å². The van der Waals surface area contributed by atoms with E-state index >= 15 is 0 Å². The fourth-order valence-corrected chi connectivity index (χ4v) is 1.47. The van der Waals surface area contributed by atoms with Crippen LogP contribution in [-0.4, -0.2) is 20.9 Å². The summed E-state index contributed by atoms with van der Waals surface area (Å²) in [5.41, 5.74) is 1.00. The van der Waals surface area contributed by atoms with Crippen LogP contribution in [0.15, 0.2) is 12.3 Å². The van der Waals surface area contributed by atoms with E-state index in [9.17, 15) is 0 Å². The highest BCUT2D eigenvalue weighted by molar-refractivity contribution is 7.80. The van der Waals surface area contributed by atoms with Gasteiger partial charge in [0.25, 0.3) is 0 Å². The van der Waals surface area contributed by atoms with Crippen LogP contribution in [0.25, 0.3) is 0 Å². The summed E-state index contributed by atoms with van der Waals surface area (Å²) in [6.45, 7) is 7.75. The number of thiocarbonyl (C=S) groups is 1. The summed E-state index contributed by atoms with van der Waals surface area (Å²) >= 11 is 5.11. The number of nitrogens with one attached hydrogen (secondary N) is 2. The van der Waals surface area contributed by atoms with Gasteiger partial charge < -0.3 is 10.6 Å². The number of aryl methyl sites for hydroxylation is 1. The van der Waals surface area contributed by atoms with E-state index in [-0.39, 0.29) is 0 Å². The fourth-order valence-electron chi connectivity index (χ4n) is 1.16. The molecule has 4 nitrogen and oxygen atoms in total. The number of aromatic nitrogens is 2. The highest BCUT2D eigenvalue weighted by Crippen LogP contribution is 1.94. The van der Waals surface area contributed by atoms with Crippen LogP contribution in [0.1, 0.15) is 26.5 Å². The van der Waals surface area contributed by atoms with Crippen LogP contribution in [0, 0.1) is 0 Å². The van der Waals surface area contributed by atoms with Crippen molar-refractivity contribution in [2.24, 2.45) is 0 Å². The van der Waals surface area contributed by atoms with Gasteiger partial charge in [-0.15, -0.1) is 0 Å². The second kappa shape index (κ2) is 5.70. The Balaban J connectivity index is 2.33. The zero-order chi connectivity index (χ0) is 11.3. The molecule has 0 aromatic carbocycles. The van der Waals surface area contributed by atoms with Gasteiger partial charge in [-0.1, -0.05) is 0 Å². The second-order valence-corrected chi connectivity index (χ2v) is 4.05. The molecule has 0 amide bonds. The molecule has 0 aliphatic heterocycles. The third-order valence-corrected chi connectivity index (χ3v) is 2.13. The molecule has 5 heteroatoms. The van der Waals surface area contributed by atoms with Crippen LogP contribution >= 0.6 is 12.2 Å². The third kappa shape index (κ3) is 4.29. The fraction of sp³-hybridized carbons (Fsp3) is 0.600. The van der Waals surface area contributed by atoms with E-state index < -0.39 is 0 Å². The maximum atomic E-state index is 5.11. The van der Waals surface area contributed by atoms with Crippen LogP contribution < -0.4 is 10.6 Å². The molecular formula is C10H18N4S. The van der Waals surface area contributed by atoms with Gasteiger partial charge in [0, 0.05) is 18.8 Å². The number of hydrogen-bond acceptors (Lipinski definition) is 2. The molecule has 1 heterocycles. The number of rotatable bonds is 4. The molecular weight excluding hydrogens is 208 g/mol. The molecule has 0 radical (unpaired) electrons. The first kappa shape index (κ1) is 12.0. The topological polar surface area (TPSA) is 41.9 Å². The SMILES string of the molecule is CCn1ccc(CNC(=S)NC(C)C)n1. The summed E-state index contributed by atoms with van der Waals surface area (Å²) in [4.78, 5) is 0. The van der Waals surface area contributed by atoms with Gasteiger partial charge in [0.05, 0.1) is 12.2 Å². The average molecular weight is 226 g/mol. The van der Waals surface area contributed by atoms with Crippen LogP contribution in [0.5, 0.6) is 0 Å². The summed E-state index contributed by atoms with van der Waals surface area (Å²) in [7, 11) is 0. The van der Waals surface area contributed by atoms with Crippen molar-refractivity contribution >= 4 is 17.3 Å². The predicted octanol–water partition coefficient (Wildman–Crippen LogP) is 1.28. The summed E-state index contributed by atoms with van der Waals surface area (Å²) in [5, 5.41) is 11.3. The first-order valence-corrected chi connectivity index (χ1v) is 5.59. The Hall–Kier alpha value is -1.10. The molecule has 2 N–H and O–H groups in total. The lowest BCUT2D eigenvalue weighted by Gasteiger charge is -2.11. The first-order chi connectivity index (χ1) is 7.11. The molecule has 1 aromatic heterocycles. The Bertz CT molecular complexity index is 319. The van der Waals surface area contributed by atoms with Crippen molar-refractivity contribution < 1.29 is 0 Å². The van der Waals surface area contributed by atoms with E-state index in [1.54, 1.807) is 0 Å². The van der Waals surface area contributed by atoms with Crippen molar-refractivity contribution in [1.29, 1.82) is 0 Å². The van der Waals surface area contributed by atoms with E-state index in [0.29, 0.717) is 17.7 Å². The summed E-state index contributed by atoms with van der Waals surface area (Å²) < 4.78 is 1.90. The minimum atomic E-state index is 0.359. The minimum Gasteiger partial charge on any atom is -0.361 e. The van der Waals surface area contributed by atoms with Gasteiger partial charge in [0.15, 0.2) is 5.11 Å². The van der Waals surface area contributed by atoms with Crippen molar-refractivity contribution in [3.63, 3.8) is 0 Å². The van der Waals surface area contributed by atoms with E-state index in [1.165, 1.54) is 0 Å². The molecule has 0 saturated carbocycles. The second-order valence-electron chi connectivity index (χ2n) is 3.64. The van der Waals surface area contributed by atoms with Gasteiger partial charge in [-0.05, 0) is 39.1 Å². The molecule has 0 bridgehead atoms. The summed E-state index contributed by atoms with van der Waals surface area (Å²) in [6.07, 6.45) is 1.97. The van der Waals surface area contributed by atoms with Crippen LogP contribution in [0.2, 0.25) is 0 Å². The van der Waals surface area contributed by atoms with Gasteiger partial charge in [-0.3, -0.25) is 4.68 Å². The Morgan fingerprint density at radius 2 is 2.33 bits per heavy atom. The Labute approximate surface area is 96.1 Å². The van der Waals surface area contributed by atoms with Crippen molar-refractivity contribution in [2.45, 2.75) is 39.9 Å². The zero-order valence-electron chi connectivity index (χ0n) is 9.45. The number of nitrogens with zero attached hydrogens (tertiary/aromatic N) is 2. The van der Waals surface area contributed by atoms with Crippen molar-refractivity contribution in [1.82, 2.24) is 20.4 Å². The summed E-state index contributed by atoms with van der Waals surface area (Å²) in [6, 6.07) is 2.35.